The molecule has 0 amide bonds. The molecule has 20 heavy (non-hydrogen) atoms. The van der Waals surface area contributed by atoms with E-state index in [4.69, 9.17) is 5.73 Å². The van der Waals surface area contributed by atoms with Crippen LogP contribution in [0.1, 0.15) is 17.2 Å². The van der Waals surface area contributed by atoms with E-state index in [1.54, 1.807) is 28.2 Å². The lowest BCUT2D eigenvalue weighted by molar-refractivity contribution is 0.890. The molecule has 0 aliphatic rings. The van der Waals surface area contributed by atoms with Crippen molar-refractivity contribution < 1.29 is 0 Å². The second kappa shape index (κ2) is 4.40. The van der Waals surface area contributed by atoms with Gasteiger partial charge in [0.15, 0.2) is 0 Å². The van der Waals surface area contributed by atoms with Gasteiger partial charge in [0.1, 0.15) is 0 Å². The summed E-state index contributed by atoms with van der Waals surface area (Å²) in [6, 6.07) is 8.17. The van der Waals surface area contributed by atoms with Gasteiger partial charge in [0.05, 0.1) is 24.0 Å². The third-order valence-electron chi connectivity index (χ3n) is 3.53. The molecule has 0 aliphatic carbocycles. The van der Waals surface area contributed by atoms with Crippen molar-refractivity contribution in [3.05, 3.63) is 65.6 Å². The Hall–Kier alpha value is -2.24. The first-order valence-electron chi connectivity index (χ1n) is 6.33. The fourth-order valence-electron chi connectivity index (χ4n) is 2.52. The van der Waals surface area contributed by atoms with Crippen LogP contribution in [0.2, 0.25) is 0 Å². The molecule has 4 aromatic rings. The van der Waals surface area contributed by atoms with Crippen LogP contribution < -0.4 is 5.73 Å². The van der Waals surface area contributed by atoms with Crippen LogP contribution >= 0.6 is 11.3 Å². The lowest BCUT2D eigenvalue weighted by atomic mass is 10.00. The van der Waals surface area contributed by atoms with Gasteiger partial charge in [-0.1, -0.05) is 18.2 Å². The quantitative estimate of drug-likeness (QED) is 0.614. The van der Waals surface area contributed by atoms with E-state index >= 15 is 0 Å². The molecule has 4 rings (SSSR count). The van der Waals surface area contributed by atoms with Crippen molar-refractivity contribution in [1.82, 2.24) is 14.6 Å². The van der Waals surface area contributed by atoms with Gasteiger partial charge in [0.2, 0.25) is 0 Å². The fourth-order valence-corrected chi connectivity index (χ4v) is 3.47. The maximum atomic E-state index is 6.48. The van der Waals surface area contributed by atoms with Crippen LogP contribution in [0.4, 0.5) is 0 Å². The molecule has 0 spiro atoms. The summed E-state index contributed by atoms with van der Waals surface area (Å²) in [5.41, 5.74) is 9.56. The molecule has 0 bridgehead atoms. The summed E-state index contributed by atoms with van der Waals surface area (Å²) in [6.45, 7) is 0. The summed E-state index contributed by atoms with van der Waals surface area (Å²) >= 11 is 1.72. The molecular formula is C15H12N4S. The first kappa shape index (κ1) is 11.6. The van der Waals surface area contributed by atoms with Gasteiger partial charge < -0.3 is 5.73 Å². The highest BCUT2D eigenvalue weighted by Gasteiger charge is 2.17. The predicted octanol–water partition coefficient (Wildman–Crippen LogP) is 2.99. The van der Waals surface area contributed by atoms with E-state index in [-0.39, 0.29) is 6.04 Å². The molecule has 0 saturated carbocycles. The van der Waals surface area contributed by atoms with Crippen LogP contribution in [0.25, 0.3) is 15.6 Å². The highest BCUT2D eigenvalue weighted by Crippen LogP contribution is 2.32. The monoisotopic (exact) mass is 280 g/mol. The lowest BCUT2D eigenvalue weighted by Crippen LogP contribution is -2.11. The Labute approximate surface area is 119 Å². The van der Waals surface area contributed by atoms with Gasteiger partial charge >= 0.3 is 0 Å². The highest BCUT2D eigenvalue weighted by atomic mass is 32.1. The topological polar surface area (TPSA) is 56.2 Å². The van der Waals surface area contributed by atoms with E-state index < -0.39 is 0 Å². The molecule has 2 N–H and O–H groups in total. The molecule has 98 valence electrons. The van der Waals surface area contributed by atoms with Crippen molar-refractivity contribution in [3.63, 3.8) is 0 Å². The normalized spacial score (nSPS) is 13.1. The second-order valence-corrected chi connectivity index (χ2v) is 5.59. The maximum Gasteiger partial charge on any atom is 0.0896 e. The SMILES string of the molecule is NC(c1cccc2ccsc12)c1cnn2ccncc12. The molecule has 0 fully saturated rings. The zero-order chi connectivity index (χ0) is 13.5. The van der Waals surface area contributed by atoms with E-state index in [1.807, 2.05) is 18.5 Å². The van der Waals surface area contributed by atoms with E-state index in [9.17, 15) is 0 Å². The van der Waals surface area contributed by atoms with Crippen molar-refractivity contribution in [2.75, 3.05) is 0 Å². The van der Waals surface area contributed by atoms with Gasteiger partial charge in [-0.2, -0.15) is 5.10 Å². The molecule has 1 unspecified atom stereocenters. The van der Waals surface area contributed by atoms with E-state index in [0.717, 1.165) is 16.6 Å². The van der Waals surface area contributed by atoms with Gasteiger partial charge in [-0.05, 0) is 22.4 Å². The molecule has 0 saturated heterocycles. The number of thiophene rings is 1. The van der Waals surface area contributed by atoms with Gasteiger partial charge in [0, 0.05) is 22.7 Å². The number of fused-ring (bicyclic) bond motifs is 2. The minimum atomic E-state index is -0.195. The van der Waals surface area contributed by atoms with Gasteiger partial charge in [-0.15, -0.1) is 11.3 Å². The number of hydrogen-bond acceptors (Lipinski definition) is 4. The van der Waals surface area contributed by atoms with Crippen LogP contribution in [-0.2, 0) is 0 Å². The van der Waals surface area contributed by atoms with Crippen LogP contribution in [0.15, 0.2) is 54.4 Å². The van der Waals surface area contributed by atoms with Crippen molar-refractivity contribution >= 4 is 26.9 Å². The Morgan fingerprint density at radius 2 is 2.10 bits per heavy atom. The summed E-state index contributed by atoms with van der Waals surface area (Å²) in [5.74, 6) is 0. The standard InChI is InChI=1S/C15H12N4S/c16-14(11-3-1-2-10-4-7-20-15(10)11)12-8-18-19-6-5-17-9-13(12)19/h1-9,14H,16H2. The number of benzene rings is 1. The predicted molar refractivity (Wildman–Crippen MR) is 80.8 cm³/mol. The number of rotatable bonds is 2. The summed E-state index contributed by atoms with van der Waals surface area (Å²) < 4.78 is 3.04. The second-order valence-electron chi connectivity index (χ2n) is 4.67. The number of nitrogens with zero attached hydrogens (tertiary/aromatic N) is 3. The van der Waals surface area contributed by atoms with Crippen molar-refractivity contribution in [1.29, 1.82) is 0 Å². The summed E-state index contributed by atoms with van der Waals surface area (Å²) in [7, 11) is 0. The third-order valence-corrected chi connectivity index (χ3v) is 4.51. The summed E-state index contributed by atoms with van der Waals surface area (Å²) in [4.78, 5) is 4.16. The Balaban J connectivity index is 1.92. The lowest BCUT2D eigenvalue weighted by Gasteiger charge is -2.12. The van der Waals surface area contributed by atoms with Gasteiger partial charge in [-0.25, -0.2) is 4.52 Å². The molecule has 0 aliphatic heterocycles. The molecule has 3 aromatic heterocycles. The average Bonchev–Trinajstić information content (AvgIpc) is 3.12. The van der Waals surface area contributed by atoms with Crippen LogP contribution in [0.5, 0.6) is 0 Å². The highest BCUT2D eigenvalue weighted by molar-refractivity contribution is 7.17. The molecule has 0 radical (unpaired) electrons. The van der Waals surface area contributed by atoms with E-state index in [0.29, 0.717) is 0 Å². The fraction of sp³-hybridized carbons (Fsp3) is 0.0667. The maximum absolute atomic E-state index is 6.48. The van der Waals surface area contributed by atoms with Gasteiger partial charge in [0.25, 0.3) is 0 Å². The molecule has 5 heteroatoms. The zero-order valence-corrected chi connectivity index (χ0v) is 11.4. The molecule has 1 aromatic carbocycles. The molecule has 3 heterocycles. The number of hydrogen-bond donors (Lipinski definition) is 1. The van der Waals surface area contributed by atoms with E-state index in [1.165, 1.54) is 10.1 Å². The van der Waals surface area contributed by atoms with Crippen molar-refractivity contribution in [2.24, 2.45) is 5.73 Å². The van der Waals surface area contributed by atoms with Crippen molar-refractivity contribution in [2.45, 2.75) is 6.04 Å². The Morgan fingerprint density at radius 3 is 3.05 bits per heavy atom. The average molecular weight is 280 g/mol. The smallest absolute Gasteiger partial charge is 0.0896 e. The Morgan fingerprint density at radius 1 is 1.15 bits per heavy atom. The van der Waals surface area contributed by atoms with Crippen LogP contribution in [0.3, 0.4) is 0 Å². The molecule has 1 atom stereocenters. The third kappa shape index (κ3) is 1.64. The number of aromatic nitrogens is 3. The van der Waals surface area contributed by atoms with Crippen molar-refractivity contribution in [3.8, 4) is 0 Å². The minimum Gasteiger partial charge on any atom is -0.320 e. The van der Waals surface area contributed by atoms with Crippen LogP contribution in [-0.4, -0.2) is 14.6 Å². The Kier molecular flexibility index (Phi) is 2.55. The van der Waals surface area contributed by atoms with Crippen LogP contribution in [0, 0.1) is 0 Å². The Bertz CT molecular complexity index is 893. The zero-order valence-electron chi connectivity index (χ0n) is 10.6. The summed E-state index contributed by atoms with van der Waals surface area (Å²) in [5, 5.41) is 7.66. The first-order chi connectivity index (χ1) is 9.84. The molecular weight excluding hydrogens is 268 g/mol. The number of nitrogens with two attached hydrogens (primary N) is 1. The van der Waals surface area contributed by atoms with E-state index in [2.05, 4.69) is 33.7 Å². The molecule has 4 nitrogen and oxygen atoms in total. The first-order valence-corrected chi connectivity index (χ1v) is 7.21. The summed E-state index contributed by atoms with van der Waals surface area (Å²) in [6.07, 6.45) is 7.18. The minimum absolute atomic E-state index is 0.195. The largest absolute Gasteiger partial charge is 0.320 e. The van der Waals surface area contributed by atoms with Gasteiger partial charge in [-0.3, -0.25) is 4.98 Å².